The number of hydrogen-bond donors (Lipinski definition) is 2. The molecule has 1 aliphatic heterocycles. The van der Waals surface area contributed by atoms with Crippen molar-refractivity contribution in [3.63, 3.8) is 0 Å². The molecule has 0 aromatic rings. The van der Waals surface area contributed by atoms with Gasteiger partial charge in [-0.15, -0.1) is 0 Å². The summed E-state index contributed by atoms with van der Waals surface area (Å²) in [6.07, 6.45) is 6.87. The molecule has 1 heterocycles. The fraction of sp³-hybridized carbons (Fsp3) is 0.944. The van der Waals surface area contributed by atoms with Crippen LogP contribution in [0.4, 0.5) is 0 Å². The number of hydrogen-bond acceptors (Lipinski definition) is 3. The minimum Gasteiger partial charge on any atom is -0.355 e. The summed E-state index contributed by atoms with van der Waals surface area (Å²) < 4.78 is 11.9. The lowest BCUT2D eigenvalue weighted by Crippen LogP contribution is -2.46. The summed E-state index contributed by atoms with van der Waals surface area (Å²) in [6, 6.07) is 0.478. The van der Waals surface area contributed by atoms with E-state index in [9.17, 15) is 4.21 Å². The highest BCUT2D eigenvalue weighted by molar-refractivity contribution is 7.86. The van der Waals surface area contributed by atoms with E-state index in [0.29, 0.717) is 18.3 Å². The molecule has 0 bridgehead atoms. The lowest BCUT2D eigenvalue weighted by molar-refractivity contribution is 0.275. The Bertz CT molecular complexity index is 441. The summed E-state index contributed by atoms with van der Waals surface area (Å²) in [5.41, 5.74) is 0. The van der Waals surface area contributed by atoms with Crippen LogP contribution >= 0.6 is 0 Å². The van der Waals surface area contributed by atoms with Crippen molar-refractivity contribution >= 4 is 16.8 Å². The van der Waals surface area contributed by atoms with Crippen LogP contribution in [0, 0.1) is 5.92 Å². The number of likely N-dealkylation sites (tertiary alicyclic amines) is 1. The lowest BCUT2D eigenvalue weighted by atomic mass is 10.1. The molecule has 140 valence electrons. The third-order valence-electron chi connectivity index (χ3n) is 5.09. The van der Waals surface area contributed by atoms with E-state index in [0.717, 1.165) is 18.4 Å². The first kappa shape index (κ1) is 19.7. The minimum absolute atomic E-state index is 0.148. The van der Waals surface area contributed by atoms with Crippen molar-refractivity contribution in [3.05, 3.63) is 0 Å². The molecule has 2 rings (SSSR count). The average molecular weight is 357 g/mol. The van der Waals surface area contributed by atoms with Gasteiger partial charge >= 0.3 is 0 Å². The molecule has 0 radical (unpaired) electrons. The van der Waals surface area contributed by atoms with Gasteiger partial charge in [0.1, 0.15) is 0 Å². The van der Waals surface area contributed by atoms with Crippen LogP contribution in [0.15, 0.2) is 4.99 Å². The standard InChI is InChI=1S/C18H36N4OS/c1-18(2,3)24(23)12-10-20-17(19-4)21-16-9-11-22(14-16)13-15-7-5-6-8-15/h15-16H,5-14H2,1-4H3,(H2,19,20,21). The first-order chi connectivity index (χ1) is 11.4. The van der Waals surface area contributed by atoms with Gasteiger partial charge in [-0.25, -0.2) is 0 Å². The zero-order chi connectivity index (χ0) is 17.6. The van der Waals surface area contributed by atoms with Crippen molar-refractivity contribution in [1.29, 1.82) is 0 Å². The van der Waals surface area contributed by atoms with Crippen LogP contribution in [0.25, 0.3) is 0 Å². The van der Waals surface area contributed by atoms with E-state index < -0.39 is 10.8 Å². The maximum absolute atomic E-state index is 12.1. The summed E-state index contributed by atoms with van der Waals surface area (Å²) in [7, 11) is 0.985. The van der Waals surface area contributed by atoms with Crippen LogP contribution < -0.4 is 10.6 Å². The second kappa shape index (κ2) is 9.18. The van der Waals surface area contributed by atoms with E-state index in [2.05, 4.69) is 20.5 Å². The average Bonchev–Trinajstić information content (AvgIpc) is 3.17. The van der Waals surface area contributed by atoms with Crippen molar-refractivity contribution in [2.75, 3.05) is 39.0 Å². The van der Waals surface area contributed by atoms with E-state index in [1.165, 1.54) is 45.2 Å². The molecule has 2 unspecified atom stereocenters. The maximum Gasteiger partial charge on any atom is 0.191 e. The summed E-state index contributed by atoms with van der Waals surface area (Å²) >= 11 is 0. The van der Waals surface area contributed by atoms with Gasteiger partial charge in [-0.1, -0.05) is 12.8 Å². The molecule has 0 amide bonds. The van der Waals surface area contributed by atoms with Gasteiger partial charge in [-0.3, -0.25) is 9.20 Å². The molecule has 2 aliphatic rings. The van der Waals surface area contributed by atoms with Crippen molar-refractivity contribution in [2.45, 2.75) is 63.7 Å². The Morgan fingerprint density at radius 3 is 2.58 bits per heavy atom. The van der Waals surface area contributed by atoms with Gasteiger partial charge in [0, 0.05) is 60.6 Å². The Labute approximate surface area is 150 Å². The van der Waals surface area contributed by atoms with E-state index >= 15 is 0 Å². The molecule has 1 aliphatic carbocycles. The molecule has 2 atom stereocenters. The molecule has 1 saturated heterocycles. The Balaban J connectivity index is 1.66. The van der Waals surface area contributed by atoms with Gasteiger partial charge in [-0.05, 0) is 46.0 Å². The monoisotopic (exact) mass is 356 g/mol. The molecule has 0 aromatic heterocycles. The number of nitrogens with one attached hydrogen (secondary N) is 2. The fourth-order valence-electron chi connectivity index (χ4n) is 3.63. The second-order valence-electron chi connectivity index (χ2n) is 8.20. The summed E-state index contributed by atoms with van der Waals surface area (Å²) in [6.45, 7) is 10.3. The quantitative estimate of drug-likeness (QED) is 0.564. The van der Waals surface area contributed by atoms with E-state index in [1.54, 1.807) is 7.05 Å². The summed E-state index contributed by atoms with van der Waals surface area (Å²) in [5, 5.41) is 6.85. The predicted octanol–water partition coefficient (Wildman–Crippen LogP) is 1.96. The molecular weight excluding hydrogens is 320 g/mol. The maximum atomic E-state index is 12.1. The largest absolute Gasteiger partial charge is 0.355 e. The van der Waals surface area contributed by atoms with Crippen LogP contribution in [-0.4, -0.2) is 64.8 Å². The molecule has 2 fully saturated rings. The van der Waals surface area contributed by atoms with Gasteiger partial charge in [0.15, 0.2) is 5.96 Å². The predicted molar refractivity (Wildman–Crippen MR) is 104 cm³/mol. The van der Waals surface area contributed by atoms with Gasteiger partial charge in [0.05, 0.1) is 0 Å². The lowest BCUT2D eigenvalue weighted by Gasteiger charge is -2.22. The Morgan fingerprint density at radius 1 is 1.25 bits per heavy atom. The molecule has 2 N–H and O–H groups in total. The van der Waals surface area contributed by atoms with Crippen molar-refractivity contribution in [3.8, 4) is 0 Å². The first-order valence-electron chi connectivity index (χ1n) is 9.46. The Hall–Kier alpha value is -0.620. The molecule has 24 heavy (non-hydrogen) atoms. The minimum atomic E-state index is -0.822. The second-order valence-corrected chi connectivity index (χ2v) is 10.5. The topological polar surface area (TPSA) is 56.7 Å². The normalized spacial score (nSPS) is 25.2. The Kier molecular flexibility index (Phi) is 7.54. The SMILES string of the molecule is CN=C(NCCS(=O)C(C)(C)C)NC1CCN(CC2CCCC2)C1. The smallest absolute Gasteiger partial charge is 0.191 e. The molecule has 5 nitrogen and oxygen atoms in total. The third kappa shape index (κ3) is 6.36. The van der Waals surface area contributed by atoms with Gasteiger partial charge in [0.2, 0.25) is 0 Å². The number of nitrogens with zero attached hydrogens (tertiary/aromatic N) is 2. The zero-order valence-electron chi connectivity index (χ0n) is 15.9. The highest BCUT2D eigenvalue weighted by Gasteiger charge is 2.26. The van der Waals surface area contributed by atoms with E-state index in [-0.39, 0.29) is 4.75 Å². The summed E-state index contributed by atoms with van der Waals surface area (Å²) in [4.78, 5) is 6.92. The van der Waals surface area contributed by atoms with Crippen LogP contribution in [0.5, 0.6) is 0 Å². The van der Waals surface area contributed by atoms with Crippen molar-refractivity contribution < 1.29 is 4.21 Å². The van der Waals surface area contributed by atoms with Crippen molar-refractivity contribution in [2.24, 2.45) is 10.9 Å². The van der Waals surface area contributed by atoms with Crippen LogP contribution in [0.3, 0.4) is 0 Å². The molecule has 0 aromatic carbocycles. The fourth-order valence-corrected chi connectivity index (χ4v) is 4.53. The van der Waals surface area contributed by atoms with E-state index in [4.69, 9.17) is 0 Å². The number of aliphatic imine (C=N–C) groups is 1. The molecule has 6 heteroatoms. The van der Waals surface area contributed by atoms with Crippen LogP contribution in [0.2, 0.25) is 0 Å². The third-order valence-corrected chi connectivity index (χ3v) is 7.03. The van der Waals surface area contributed by atoms with Gasteiger partial charge in [-0.2, -0.15) is 0 Å². The van der Waals surface area contributed by atoms with Crippen molar-refractivity contribution in [1.82, 2.24) is 15.5 Å². The number of rotatable bonds is 6. The molecule has 1 saturated carbocycles. The Morgan fingerprint density at radius 2 is 1.96 bits per heavy atom. The highest BCUT2D eigenvalue weighted by atomic mass is 32.2. The van der Waals surface area contributed by atoms with Gasteiger partial charge < -0.3 is 15.5 Å². The zero-order valence-corrected chi connectivity index (χ0v) is 16.8. The highest BCUT2D eigenvalue weighted by Crippen LogP contribution is 2.26. The molecule has 0 spiro atoms. The van der Waals surface area contributed by atoms with Crippen LogP contribution in [0.1, 0.15) is 52.9 Å². The van der Waals surface area contributed by atoms with E-state index in [1.807, 2.05) is 20.8 Å². The number of guanidine groups is 1. The van der Waals surface area contributed by atoms with Crippen LogP contribution in [-0.2, 0) is 10.8 Å². The molecular formula is C18H36N4OS. The first-order valence-corrected chi connectivity index (χ1v) is 10.8. The van der Waals surface area contributed by atoms with Gasteiger partial charge in [0.25, 0.3) is 0 Å². The summed E-state index contributed by atoms with van der Waals surface area (Å²) in [5.74, 6) is 2.42.